The quantitative estimate of drug-likeness (QED) is 0.686. The molecule has 124 valence electrons. The number of hydrogen-bond acceptors (Lipinski definition) is 2. The van der Waals surface area contributed by atoms with Crippen molar-refractivity contribution in [3.05, 3.63) is 53.7 Å². The highest BCUT2D eigenvalue weighted by molar-refractivity contribution is 5.82. The number of nitrogens with zero attached hydrogens (tertiary/aromatic N) is 3. The van der Waals surface area contributed by atoms with Crippen molar-refractivity contribution in [1.29, 1.82) is 0 Å². The first-order valence-corrected chi connectivity index (χ1v) is 8.33. The van der Waals surface area contributed by atoms with Crippen molar-refractivity contribution >= 4 is 16.6 Å². The van der Waals surface area contributed by atoms with Crippen molar-refractivity contribution in [2.24, 2.45) is 0 Å². The maximum atomic E-state index is 14.5. The van der Waals surface area contributed by atoms with Crippen molar-refractivity contribution in [3.63, 3.8) is 0 Å². The van der Waals surface area contributed by atoms with Gasteiger partial charge in [0.1, 0.15) is 11.3 Å². The van der Waals surface area contributed by atoms with Gasteiger partial charge in [0, 0.05) is 29.7 Å². The summed E-state index contributed by atoms with van der Waals surface area (Å²) in [7, 11) is 0. The third-order valence-corrected chi connectivity index (χ3v) is 4.79. The summed E-state index contributed by atoms with van der Waals surface area (Å²) in [6.07, 6.45) is 5.24. The molecule has 2 aromatic carbocycles. The minimum atomic E-state index is -0.553. The number of piperidine rings is 1. The molecule has 0 unspecified atom stereocenters. The Kier molecular flexibility index (Phi) is 3.71. The van der Waals surface area contributed by atoms with Gasteiger partial charge in [-0.15, -0.1) is 0 Å². The van der Waals surface area contributed by atoms with Crippen molar-refractivity contribution < 1.29 is 8.78 Å². The van der Waals surface area contributed by atoms with Crippen LogP contribution in [-0.2, 0) is 0 Å². The van der Waals surface area contributed by atoms with E-state index in [4.69, 9.17) is 0 Å². The first kappa shape index (κ1) is 15.1. The number of rotatable bonds is 2. The molecule has 1 aromatic heterocycles. The van der Waals surface area contributed by atoms with Gasteiger partial charge in [-0.05, 0) is 56.5 Å². The average molecular weight is 327 g/mol. The summed E-state index contributed by atoms with van der Waals surface area (Å²) in [4.78, 5) is 2.37. The van der Waals surface area contributed by atoms with E-state index in [1.54, 1.807) is 0 Å². The van der Waals surface area contributed by atoms with Gasteiger partial charge >= 0.3 is 0 Å². The van der Waals surface area contributed by atoms with Crippen LogP contribution in [0.25, 0.3) is 16.6 Å². The van der Waals surface area contributed by atoms with Gasteiger partial charge in [0.25, 0.3) is 0 Å². The van der Waals surface area contributed by atoms with Crippen LogP contribution in [0.3, 0.4) is 0 Å². The van der Waals surface area contributed by atoms with Crippen LogP contribution in [0.15, 0.2) is 36.5 Å². The van der Waals surface area contributed by atoms with Crippen LogP contribution < -0.4 is 4.90 Å². The minimum absolute atomic E-state index is 0.0224. The maximum absolute atomic E-state index is 14.5. The molecular formula is C19H19F2N3. The second kappa shape index (κ2) is 5.89. The average Bonchev–Trinajstić information content (AvgIpc) is 3.04. The molecule has 0 radical (unpaired) electrons. The standard InChI is InChI=1S/C19H19F2N3/c1-13-17(20)11-14-12-22-24(19(14)18(13)21)16-7-5-15(6-8-16)23-9-3-2-4-10-23/h5-8,11-12H,2-4,9-10H2,1H3. The number of benzene rings is 2. The molecule has 0 bridgehead atoms. The number of fused-ring (bicyclic) bond motifs is 1. The van der Waals surface area contributed by atoms with Crippen molar-refractivity contribution in [2.75, 3.05) is 18.0 Å². The van der Waals surface area contributed by atoms with E-state index in [-0.39, 0.29) is 5.56 Å². The lowest BCUT2D eigenvalue weighted by atomic mass is 10.1. The zero-order valence-corrected chi connectivity index (χ0v) is 13.6. The van der Waals surface area contributed by atoms with Gasteiger partial charge < -0.3 is 4.90 Å². The Balaban J connectivity index is 1.74. The molecule has 1 aliphatic rings. The molecular weight excluding hydrogens is 308 g/mol. The smallest absolute Gasteiger partial charge is 0.155 e. The monoisotopic (exact) mass is 327 g/mol. The molecule has 5 heteroatoms. The molecule has 4 rings (SSSR count). The first-order chi connectivity index (χ1) is 11.6. The molecule has 0 amide bonds. The molecule has 0 atom stereocenters. The molecule has 24 heavy (non-hydrogen) atoms. The van der Waals surface area contributed by atoms with Crippen LogP contribution in [0.1, 0.15) is 24.8 Å². The van der Waals surface area contributed by atoms with E-state index in [0.29, 0.717) is 10.9 Å². The molecule has 2 heterocycles. The number of aromatic nitrogens is 2. The second-order valence-electron chi connectivity index (χ2n) is 6.36. The fourth-order valence-corrected chi connectivity index (χ4v) is 3.37. The number of anilines is 1. The lowest BCUT2D eigenvalue weighted by Gasteiger charge is -2.28. The molecule has 3 aromatic rings. The molecule has 1 fully saturated rings. The third kappa shape index (κ3) is 2.44. The van der Waals surface area contributed by atoms with E-state index >= 15 is 0 Å². The molecule has 0 N–H and O–H groups in total. The van der Waals surface area contributed by atoms with E-state index in [1.165, 1.54) is 48.8 Å². The molecule has 0 aliphatic carbocycles. The van der Waals surface area contributed by atoms with Gasteiger partial charge in [-0.25, -0.2) is 13.5 Å². The van der Waals surface area contributed by atoms with Crippen molar-refractivity contribution in [2.45, 2.75) is 26.2 Å². The highest BCUT2D eigenvalue weighted by Gasteiger charge is 2.16. The second-order valence-corrected chi connectivity index (χ2v) is 6.36. The summed E-state index contributed by atoms with van der Waals surface area (Å²) < 4.78 is 29.7. The Morgan fingerprint density at radius 3 is 2.33 bits per heavy atom. The van der Waals surface area contributed by atoms with Crippen LogP contribution in [-0.4, -0.2) is 22.9 Å². The highest BCUT2D eigenvalue weighted by Crippen LogP contribution is 2.27. The Morgan fingerprint density at radius 2 is 1.62 bits per heavy atom. The number of hydrogen-bond donors (Lipinski definition) is 0. The van der Waals surface area contributed by atoms with Gasteiger partial charge in [-0.1, -0.05) is 0 Å². The summed E-state index contributed by atoms with van der Waals surface area (Å²) in [5.74, 6) is -1.09. The van der Waals surface area contributed by atoms with Gasteiger partial charge in [-0.2, -0.15) is 5.10 Å². The van der Waals surface area contributed by atoms with Crippen molar-refractivity contribution in [3.8, 4) is 5.69 Å². The SMILES string of the molecule is Cc1c(F)cc2cnn(-c3ccc(N4CCCCC4)cc3)c2c1F. The molecule has 0 spiro atoms. The topological polar surface area (TPSA) is 21.1 Å². The molecule has 3 nitrogen and oxygen atoms in total. The summed E-state index contributed by atoms with van der Waals surface area (Å²) in [6, 6.07) is 9.30. The van der Waals surface area contributed by atoms with E-state index < -0.39 is 11.6 Å². The van der Waals surface area contributed by atoms with Crippen LogP contribution in [0.4, 0.5) is 14.5 Å². The Hall–Kier alpha value is -2.43. The van der Waals surface area contributed by atoms with E-state index in [2.05, 4.69) is 10.00 Å². The van der Waals surface area contributed by atoms with Gasteiger partial charge in [0.15, 0.2) is 5.82 Å². The van der Waals surface area contributed by atoms with E-state index in [1.807, 2.05) is 24.3 Å². The fourth-order valence-electron chi connectivity index (χ4n) is 3.37. The van der Waals surface area contributed by atoms with E-state index in [0.717, 1.165) is 18.8 Å². The van der Waals surface area contributed by atoms with Gasteiger partial charge in [-0.3, -0.25) is 0 Å². The van der Waals surface area contributed by atoms with Crippen LogP contribution in [0.2, 0.25) is 0 Å². The Bertz CT molecular complexity index is 878. The first-order valence-electron chi connectivity index (χ1n) is 8.33. The summed E-state index contributed by atoms with van der Waals surface area (Å²) in [5, 5.41) is 4.72. The summed E-state index contributed by atoms with van der Waals surface area (Å²) in [6.45, 7) is 3.61. The zero-order chi connectivity index (χ0) is 16.7. The highest BCUT2D eigenvalue weighted by atomic mass is 19.1. The van der Waals surface area contributed by atoms with Crippen LogP contribution in [0, 0.1) is 18.6 Å². The van der Waals surface area contributed by atoms with Gasteiger partial charge in [0.2, 0.25) is 0 Å². The summed E-state index contributed by atoms with van der Waals surface area (Å²) >= 11 is 0. The molecule has 1 aliphatic heterocycles. The predicted molar refractivity (Wildman–Crippen MR) is 91.8 cm³/mol. The predicted octanol–water partition coefficient (Wildman–Crippen LogP) is 4.60. The third-order valence-electron chi connectivity index (χ3n) is 4.79. The Morgan fingerprint density at radius 1 is 0.958 bits per heavy atom. The normalized spacial score (nSPS) is 15.2. The zero-order valence-electron chi connectivity index (χ0n) is 13.6. The van der Waals surface area contributed by atoms with Crippen LogP contribution >= 0.6 is 0 Å². The van der Waals surface area contributed by atoms with E-state index in [9.17, 15) is 8.78 Å². The number of halogens is 2. The largest absolute Gasteiger partial charge is 0.372 e. The van der Waals surface area contributed by atoms with Crippen molar-refractivity contribution in [1.82, 2.24) is 9.78 Å². The Labute approximate surface area is 139 Å². The molecule has 0 saturated carbocycles. The fraction of sp³-hybridized carbons (Fsp3) is 0.316. The lowest BCUT2D eigenvalue weighted by Crippen LogP contribution is -2.29. The minimum Gasteiger partial charge on any atom is -0.372 e. The molecule has 1 saturated heterocycles. The van der Waals surface area contributed by atoms with Crippen LogP contribution in [0.5, 0.6) is 0 Å². The summed E-state index contributed by atoms with van der Waals surface area (Å²) in [5.41, 5.74) is 2.29. The lowest BCUT2D eigenvalue weighted by molar-refractivity contribution is 0.573. The maximum Gasteiger partial charge on any atom is 0.155 e. The van der Waals surface area contributed by atoms with Gasteiger partial charge in [0.05, 0.1) is 11.9 Å².